The molecular formula is C17H11N5O5. The Hall–Kier alpha value is -4.08. The van der Waals surface area contributed by atoms with Crippen molar-refractivity contribution in [1.29, 1.82) is 0 Å². The van der Waals surface area contributed by atoms with Crippen LogP contribution in [0.2, 0.25) is 0 Å². The number of ether oxygens (including phenoxy) is 1. The van der Waals surface area contributed by atoms with Crippen LogP contribution in [-0.4, -0.2) is 31.7 Å². The van der Waals surface area contributed by atoms with Gasteiger partial charge in [-0.25, -0.2) is 9.67 Å². The van der Waals surface area contributed by atoms with Crippen LogP contribution in [0, 0.1) is 20.2 Å². The second kappa shape index (κ2) is 6.02. The number of fused-ring (bicyclic) bond motifs is 2. The molecule has 0 aliphatic rings. The van der Waals surface area contributed by atoms with E-state index in [9.17, 15) is 20.2 Å². The van der Waals surface area contributed by atoms with Gasteiger partial charge >= 0.3 is 5.69 Å². The number of aromatic nitrogens is 3. The molecule has 0 saturated carbocycles. The Kier molecular flexibility index (Phi) is 3.65. The van der Waals surface area contributed by atoms with Gasteiger partial charge in [-0.1, -0.05) is 0 Å². The highest BCUT2D eigenvalue weighted by Gasteiger charge is 2.23. The van der Waals surface area contributed by atoms with E-state index >= 15 is 0 Å². The van der Waals surface area contributed by atoms with Crippen LogP contribution >= 0.6 is 0 Å². The van der Waals surface area contributed by atoms with Crippen molar-refractivity contribution >= 4 is 33.3 Å². The Labute approximate surface area is 150 Å². The van der Waals surface area contributed by atoms with Crippen LogP contribution in [0.3, 0.4) is 0 Å². The standard InChI is InChI=1S/C17H11N5O5/c1-27-13-3-4-14-10(7-13)6-11-9-18-20(17(11)19-14)15-5-2-12(21(23)24)8-16(15)22(25)26/h2-9H,1H3. The van der Waals surface area contributed by atoms with Crippen molar-refractivity contribution in [3.05, 3.63) is 68.9 Å². The van der Waals surface area contributed by atoms with Crippen molar-refractivity contribution in [2.24, 2.45) is 0 Å². The number of rotatable bonds is 4. The third-order valence-corrected chi connectivity index (χ3v) is 4.14. The molecule has 10 heteroatoms. The maximum absolute atomic E-state index is 11.4. The van der Waals surface area contributed by atoms with Gasteiger partial charge in [0.1, 0.15) is 11.4 Å². The van der Waals surface area contributed by atoms with Crippen LogP contribution in [0.15, 0.2) is 48.7 Å². The molecule has 0 spiro atoms. The zero-order valence-electron chi connectivity index (χ0n) is 13.9. The summed E-state index contributed by atoms with van der Waals surface area (Å²) in [4.78, 5) is 25.5. The van der Waals surface area contributed by atoms with Gasteiger partial charge in [0.15, 0.2) is 5.65 Å². The van der Waals surface area contributed by atoms with Crippen molar-refractivity contribution in [2.75, 3.05) is 7.11 Å². The second-order valence-corrected chi connectivity index (χ2v) is 5.70. The summed E-state index contributed by atoms with van der Waals surface area (Å²) >= 11 is 0. The predicted molar refractivity (Wildman–Crippen MR) is 96.2 cm³/mol. The molecule has 10 nitrogen and oxygen atoms in total. The molecule has 4 aromatic rings. The minimum Gasteiger partial charge on any atom is -0.497 e. The van der Waals surface area contributed by atoms with E-state index < -0.39 is 15.5 Å². The smallest absolute Gasteiger partial charge is 0.301 e. The lowest BCUT2D eigenvalue weighted by molar-refractivity contribution is -0.394. The summed E-state index contributed by atoms with van der Waals surface area (Å²) in [6.07, 6.45) is 1.53. The molecule has 0 N–H and O–H groups in total. The maximum atomic E-state index is 11.4. The van der Waals surface area contributed by atoms with E-state index in [2.05, 4.69) is 10.1 Å². The van der Waals surface area contributed by atoms with Crippen LogP contribution in [0.25, 0.3) is 27.6 Å². The predicted octanol–water partition coefficient (Wildman–Crippen LogP) is 3.40. The Balaban J connectivity index is 1.95. The molecule has 2 aromatic carbocycles. The summed E-state index contributed by atoms with van der Waals surface area (Å²) in [7, 11) is 1.57. The van der Waals surface area contributed by atoms with Crippen molar-refractivity contribution < 1.29 is 14.6 Å². The highest BCUT2D eigenvalue weighted by molar-refractivity contribution is 5.92. The molecule has 0 aliphatic heterocycles. The number of hydrogen-bond donors (Lipinski definition) is 0. The van der Waals surface area contributed by atoms with E-state index in [1.165, 1.54) is 23.0 Å². The highest BCUT2D eigenvalue weighted by atomic mass is 16.6. The van der Waals surface area contributed by atoms with E-state index in [0.29, 0.717) is 22.3 Å². The first kappa shape index (κ1) is 16.4. The van der Waals surface area contributed by atoms with Gasteiger partial charge in [0.2, 0.25) is 0 Å². The molecule has 0 bridgehead atoms. The summed E-state index contributed by atoms with van der Waals surface area (Å²) in [6, 6.07) is 10.6. The molecule has 2 aromatic heterocycles. The van der Waals surface area contributed by atoms with Gasteiger partial charge in [0, 0.05) is 16.8 Å². The maximum Gasteiger partial charge on any atom is 0.301 e. The minimum atomic E-state index is -0.683. The van der Waals surface area contributed by atoms with Gasteiger partial charge in [-0.2, -0.15) is 5.10 Å². The zero-order valence-corrected chi connectivity index (χ0v) is 13.9. The van der Waals surface area contributed by atoms with Gasteiger partial charge < -0.3 is 4.74 Å². The molecule has 0 unspecified atom stereocenters. The molecular weight excluding hydrogens is 354 g/mol. The SMILES string of the molecule is COc1ccc2nc3c(cnn3-c3ccc([N+](=O)[O-])cc3[N+](=O)[O-])cc2c1. The van der Waals surface area contributed by atoms with Crippen LogP contribution < -0.4 is 4.74 Å². The third kappa shape index (κ3) is 2.68. The number of methoxy groups -OCH3 is 1. The fourth-order valence-electron chi connectivity index (χ4n) is 2.85. The van der Waals surface area contributed by atoms with Crippen molar-refractivity contribution in [1.82, 2.24) is 14.8 Å². The van der Waals surface area contributed by atoms with Crippen LogP contribution in [0.1, 0.15) is 0 Å². The lowest BCUT2D eigenvalue weighted by atomic mass is 10.2. The molecule has 0 amide bonds. The summed E-state index contributed by atoms with van der Waals surface area (Å²) < 4.78 is 6.51. The molecule has 4 rings (SSSR count). The molecule has 0 fully saturated rings. The van der Waals surface area contributed by atoms with Gasteiger partial charge in [-0.15, -0.1) is 0 Å². The molecule has 0 radical (unpaired) electrons. The first-order valence-electron chi connectivity index (χ1n) is 7.73. The lowest BCUT2D eigenvalue weighted by Gasteiger charge is -2.06. The molecule has 27 heavy (non-hydrogen) atoms. The van der Waals surface area contributed by atoms with Crippen LogP contribution in [0.4, 0.5) is 11.4 Å². The molecule has 2 heterocycles. The van der Waals surface area contributed by atoms with Gasteiger partial charge in [0.05, 0.1) is 34.7 Å². The molecule has 134 valence electrons. The zero-order chi connectivity index (χ0) is 19.1. The third-order valence-electron chi connectivity index (χ3n) is 4.14. The second-order valence-electron chi connectivity index (χ2n) is 5.70. The quantitative estimate of drug-likeness (QED) is 0.400. The van der Waals surface area contributed by atoms with Gasteiger partial charge in [-0.3, -0.25) is 20.2 Å². The topological polar surface area (TPSA) is 126 Å². The van der Waals surface area contributed by atoms with Crippen molar-refractivity contribution in [3.63, 3.8) is 0 Å². The first-order valence-corrected chi connectivity index (χ1v) is 7.73. The van der Waals surface area contributed by atoms with Gasteiger partial charge in [0.25, 0.3) is 5.69 Å². The summed E-state index contributed by atoms with van der Waals surface area (Å²) in [6.45, 7) is 0. The van der Waals surface area contributed by atoms with E-state index in [1.807, 2.05) is 12.1 Å². The van der Waals surface area contributed by atoms with Crippen molar-refractivity contribution in [2.45, 2.75) is 0 Å². The minimum absolute atomic E-state index is 0.0981. The lowest BCUT2D eigenvalue weighted by Crippen LogP contribution is -2.03. The number of non-ortho nitro benzene ring substituents is 1. The van der Waals surface area contributed by atoms with Gasteiger partial charge in [-0.05, 0) is 30.3 Å². The van der Waals surface area contributed by atoms with E-state index in [4.69, 9.17) is 4.74 Å². The average Bonchev–Trinajstić information content (AvgIpc) is 3.07. The summed E-state index contributed by atoms with van der Waals surface area (Å²) in [5.74, 6) is 0.682. The molecule has 0 aliphatic carbocycles. The van der Waals surface area contributed by atoms with E-state index in [1.54, 1.807) is 19.2 Å². The molecule has 0 atom stereocenters. The number of benzene rings is 2. The van der Waals surface area contributed by atoms with Crippen LogP contribution in [0.5, 0.6) is 5.75 Å². The number of nitro benzene ring substituents is 2. The summed E-state index contributed by atoms with van der Waals surface area (Å²) in [5, 5.41) is 28.0. The Bertz CT molecular complexity index is 1230. The van der Waals surface area contributed by atoms with E-state index in [-0.39, 0.29) is 11.4 Å². The Morgan fingerprint density at radius 3 is 2.52 bits per heavy atom. The number of hydrogen-bond acceptors (Lipinski definition) is 7. The molecule has 0 saturated heterocycles. The fraction of sp³-hybridized carbons (Fsp3) is 0.0588. The van der Waals surface area contributed by atoms with Crippen molar-refractivity contribution in [3.8, 4) is 11.4 Å². The monoisotopic (exact) mass is 365 g/mol. The first-order chi connectivity index (χ1) is 13.0. The van der Waals surface area contributed by atoms with E-state index in [0.717, 1.165) is 11.5 Å². The Morgan fingerprint density at radius 1 is 1.00 bits per heavy atom. The number of nitro groups is 2. The largest absolute Gasteiger partial charge is 0.497 e. The Morgan fingerprint density at radius 2 is 1.81 bits per heavy atom. The average molecular weight is 365 g/mol. The fourth-order valence-corrected chi connectivity index (χ4v) is 2.85. The highest BCUT2D eigenvalue weighted by Crippen LogP contribution is 2.30. The normalized spacial score (nSPS) is 11.0. The number of nitrogens with zero attached hydrogens (tertiary/aromatic N) is 5. The van der Waals surface area contributed by atoms with Crippen LogP contribution in [-0.2, 0) is 0 Å². The number of pyridine rings is 1. The summed E-state index contributed by atoms with van der Waals surface area (Å²) in [5.41, 5.74) is 0.374.